The second kappa shape index (κ2) is 9.65. The molecule has 0 heterocycles. The van der Waals surface area contributed by atoms with Crippen LogP contribution in [0, 0.1) is 0 Å². The fraction of sp³-hybridized carbons (Fsp3) is 0.250. The lowest BCUT2D eigenvalue weighted by Crippen LogP contribution is -2.22. The molecule has 0 aromatic heterocycles. The Kier molecular flexibility index (Phi) is 7.13. The van der Waals surface area contributed by atoms with Crippen LogP contribution < -0.4 is 10.1 Å². The van der Waals surface area contributed by atoms with E-state index in [1.807, 2.05) is 37.3 Å². The lowest BCUT2D eigenvalue weighted by Gasteiger charge is -2.21. The molecular weight excluding hydrogens is 432 g/mol. The molecule has 0 saturated heterocycles. The van der Waals surface area contributed by atoms with E-state index in [2.05, 4.69) is 5.32 Å². The maximum Gasteiger partial charge on any atom is 0.422 e. The summed E-state index contributed by atoms with van der Waals surface area (Å²) in [5.74, 6) is -0.472. The first-order chi connectivity index (χ1) is 15.0. The molecule has 0 saturated carbocycles. The summed E-state index contributed by atoms with van der Waals surface area (Å²) in [5, 5.41) is 3.06. The third-order valence-corrected chi connectivity index (χ3v) is 4.89. The largest absolute Gasteiger partial charge is 0.483 e. The van der Waals surface area contributed by atoms with Crippen LogP contribution in [0.25, 0.3) is 11.1 Å². The molecule has 0 spiro atoms. The smallest absolute Gasteiger partial charge is 0.422 e. The minimum atomic E-state index is -4.77. The molecule has 0 radical (unpaired) electrons. The molecule has 0 fully saturated rings. The highest BCUT2D eigenvalue weighted by Gasteiger charge is 2.36. The highest BCUT2D eigenvalue weighted by atomic mass is 19.4. The normalized spacial score (nSPS) is 13.1. The van der Waals surface area contributed by atoms with E-state index in [1.54, 1.807) is 30.3 Å². The predicted octanol–water partition coefficient (Wildman–Crippen LogP) is 7.16. The Bertz CT molecular complexity index is 1020. The minimum absolute atomic E-state index is 0.0847. The molecule has 0 aliphatic rings. The number of rotatable bonds is 7. The molecule has 1 atom stereocenters. The van der Waals surface area contributed by atoms with E-state index in [0.717, 1.165) is 5.56 Å². The number of alkyl halides is 6. The van der Waals surface area contributed by atoms with Crippen molar-refractivity contribution >= 4 is 0 Å². The second-order valence-corrected chi connectivity index (χ2v) is 7.29. The summed E-state index contributed by atoms with van der Waals surface area (Å²) in [7, 11) is 0. The van der Waals surface area contributed by atoms with Gasteiger partial charge in [-0.05, 0) is 35.7 Å². The van der Waals surface area contributed by atoms with Gasteiger partial charge >= 0.3 is 12.4 Å². The van der Waals surface area contributed by atoms with Gasteiger partial charge in [0.05, 0.1) is 5.56 Å². The number of ether oxygens (including phenoxy) is 1. The van der Waals surface area contributed by atoms with Crippen LogP contribution in [0.15, 0.2) is 72.8 Å². The van der Waals surface area contributed by atoms with Gasteiger partial charge < -0.3 is 10.1 Å². The molecule has 3 aromatic rings. The summed E-state index contributed by atoms with van der Waals surface area (Å²) >= 11 is 0. The van der Waals surface area contributed by atoms with Crippen molar-refractivity contribution < 1.29 is 31.1 Å². The number of hydrogen-bond acceptors (Lipinski definition) is 2. The van der Waals surface area contributed by atoms with Gasteiger partial charge in [-0.15, -0.1) is 0 Å². The molecule has 32 heavy (non-hydrogen) atoms. The Balaban J connectivity index is 2.01. The van der Waals surface area contributed by atoms with Crippen LogP contribution >= 0.6 is 0 Å². The molecule has 8 heteroatoms. The number of hydrogen-bond donors (Lipinski definition) is 1. The summed E-state index contributed by atoms with van der Waals surface area (Å²) in [6.07, 6.45) is -9.45. The first kappa shape index (κ1) is 23.7. The van der Waals surface area contributed by atoms with Crippen molar-refractivity contribution in [1.82, 2.24) is 5.32 Å². The van der Waals surface area contributed by atoms with Crippen molar-refractivity contribution in [3.63, 3.8) is 0 Å². The van der Waals surface area contributed by atoms with E-state index >= 15 is 0 Å². The molecule has 0 aliphatic carbocycles. The van der Waals surface area contributed by atoms with Gasteiger partial charge in [0.25, 0.3) is 0 Å². The Morgan fingerprint density at radius 1 is 0.844 bits per heavy atom. The van der Waals surface area contributed by atoms with Crippen LogP contribution in [0.1, 0.15) is 29.7 Å². The van der Waals surface area contributed by atoms with Gasteiger partial charge in [0.1, 0.15) is 5.75 Å². The topological polar surface area (TPSA) is 21.3 Å². The molecule has 1 N–H and O–H groups in total. The third-order valence-electron chi connectivity index (χ3n) is 4.89. The summed E-state index contributed by atoms with van der Waals surface area (Å²) in [4.78, 5) is 0. The van der Waals surface area contributed by atoms with Crippen LogP contribution in [0.5, 0.6) is 5.75 Å². The van der Waals surface area contributed by atoms with Gasteiger partial charge in [0.2, 0.25) is 0 Å². The lowest BCUT2D eigenvalue weighted by molar-refractivity contribution is -0.153. The summed E-state index contributed by atoms with van der Waals surface area (Å²) in [6.45, 7) is -0.00142. The second-order valence-electron chi connectivity index (χ2n) is 7.29. The molecule has 0 amide bonds. The van der Waals surface area contributed by atoms with Gasteiger partial charge in [-0.2, -0.15) is 26.3 Å². The maximum atomic E-state index is 13.8. The fourth-order valence-corrected chi connectivity index (χ4v) is 3.28. The first-order valence-corrected chi connectivity index (χ1v) is 9.82. The molecule has 3 rings (SSSR count). The summed E-state index contributed by atoms with van der Waals surface area (Å²) in [6, 6.07) is 19.1. The molecule has 0 bridgehead atoms. The van der Waals surface area contributed by atoms with Crippen molar-refractivity contribution in [3.05, 3.63) is 89.5 Å². The monoisotopic (exact) mass is 453 g/mol. The number of nitrogens with one attached hydrogen (secondary N) is 1. The van der Waals surface area contributed by atoms with E-state index in [0.29, 0.717) is 11.6 Å². The standard InChI is InChI=1S/C24H21F6NO/c1-16(17-8-4-2-5-9-17)31-14-19-12-20(18-10-6-3-7-11-18)22(32-15-23(25,26)27)13-21(19)24(28,29)30/h2-13,16,31H,14-15H2,1H3/t16-/m1/s1. The van der Waals surface area contributed by atoms with E-state index in [9.17, 15) is 26.3 Å². The quantitative estimate of drug-likeness (QED) is 0.383. The Labute approximate surface area is 181 Å². The zero-order chi connectivity index (χ0) is 23.4. The van der Waals surface area contributed by atoms with E-state index in [4.69, 9.17) is 4.74 Å². The molecule has 0 aliphatic heterocycles. The molecule has 2 nitrogen and oxygen atoms in total. The van der Waals surface area contributed by atoms with Gasteiger partial charge in [-0.25, -0.2) is 0 Å². The van der Waals surface area contributed by atoms with Gasteiger partial charge in [0.15, 0.2) is 6.61 Å². The van der Waals surface area contributed by atoms with Crippen LogP contribution in [-0.2, 0) is 12.7 Å². The molecule has 170 valence electrons. The molecular formula is C24H21F6NO. The lowest BCUT2D eigenvalue weighted by atomic mass is 9.97. The Hall–Kier alpha value is -3.00. The van der Waals surface area contributed by atoms with E-state index in [1.165, 1.54) is 6.07 Å². The van der Waals surface area contributed by atoms with E-state index < -0.39 is 30.3 Å². The summed E-state index contributed by atoms with van der Waals surface area (Å²) < 4.78 is 84.2. The minimum Gasteiger partial charge on any atom is -0.483 e. The molecule has 3 aromatic carbocycles. The summed E-state index contributed by atoms with van der Waals surface area (Å²) in [5.41, 5.74) is 0.387. The van der Waals surface area contributed by atoms with Crippen molar-refractivity contribution in [2.75, 3.05) is 6.61 Å². The van der Waals surface area contributed by atoms with Crippen molar-refractivity contribution in [3.8, 4) is 16.9 Å². The van der Waals surface area contributed by atoms with Gasteiger partial charge in [0, 0.05) is 18.2 Å². The Morgan fingerprint density at radius 3 is 2.00 bits per heavy atom. The van der Waals surface area contributed by atoms with Crippen molar-refractivity contribution in [2.24, 2.45) is 0 Å². The van der Waals surface area contributed by atoms with Gasteiger partial charge in [-0.1, -0.05) is 60.7 Å². The zero-order valence-corrected chi connectivity index (χ0v) is 17.1. The predicted molar refractivity (Wildman–Crippen MR) is 110 cm³/mol. The Morgan fingerprint density at radius 2 is 1.44 bits per heavy atom. The number of benzene rings is 3. The van der Waals surface area contributed by atoms with Crippen LogP contribution in [0.2, 0.25) is 0 Å². The number of halogens is 6. The highest BCUT2D eigenvalue weighted by Crippen LogP contribution is 2.40. The SMILES string of the molecule is C[C@@H](NCc1cc(-c2ccccc2)c(OCC(F)(F)F)cc1C(F)(F)F)c1ccccc1. The average molecular weight is 453 g/mol. The zero-order valence-electron chi connectivity index (χ0n) is 17.1. The van der Waals surface area contributed by atoms with E-state index in [-0.39, 0.29) is 23.7 Å². The van der Waals surface area contributed by atoms with Crippen LogP contribution in [0.4, 0.5) is 26.3 Å². The van der Waals surface area contributed by atoms with Crippen LogP contribution in [0.3, 0.4) is 0 Å². The van der Waals surface area contributed by atoms with Crippen LogP contribution in [-0.4, -0.2) is 12.8 Å². The fourth-order valence-electron chi connectivity index (χ4n) is 3.28. The third kappa shape index (κ3) is 6.26. The highest BCUT2D eigenvalue weighted by molar-refractivity contribution is 5.72. The maximum absolute atomic E-state index is 13.8. The van der Waals surface area contributed by atoms with Crippen molar-refractivity contribution in [2.45, 2.75) is 31.9 Å². The average Bonchev–Trinajstić information content (AvgIpc) is 2.76. The van der Waals surface area contributed by atoms with Crippen molar-refractivity contribution in [1.29, 1.82) is 0 Å². The first-order valence-electron chi connectivity index (χ1n) is 9.82. The van der Waals surface area contributed by atoms with Gasteiger partial charge in [-0.3, -0.25) is 0 Å². The molecule has 0 unspecified atom stereocenters.